The Morgan fingerprint density at radius 1 is 1.00 bits per heavy atom. The van der Waals surface area contributed by atoms with E-state index in [0.29, 0.717) is 38.5 Å². The number of amides is 3. The molecule has 1 saturated heterocycles. The Labute approximate surface area is 143 Å². The summed E-state index contributed by atoms with van der Waals surface area (Å²) in [5, 5.41) is 2.63. The highest BCUT2D eigenvalue weighted by Gasteiger charge is 2.41. The Morgan fingerprint density at radius 2 is 1.67 bits per heavy atom. The molecule has 3 fully saturated rings. The van der Waals surface area contributed by atoms with E-state index in [1.165, 1.54) is 25.7 Å². The average molecular weight is 335 g/mol. The molecule has 1 N–H and O–H groups in total. The lowest BCUT2D eigenvalue weighted by molar-refractivity contribution is -0.148. The van der Waals surface area contributed by atoms with Crippen molar-refractivity contribution in [2.45, 2.75) is 52.0 Å². The molecule has 2 saturated carbocycles. The topological polar surface area (TPSA) is 69.7 Å². The van der Waals surface area contributed by atoms with Crippen LogP contribution in [0, 0.1) is 17.8 Å². The van der Waals surface area contributed by atoms with Crippen LogP contribution in [-0.4, -0.2) is 59.7 Å². The molecule has 6 nitrogen and oxygen atoms in total. The monoisotopic (exact) mass is 335 g/mol. The summed E-state index contributed by atoms with van der Waals surface area (Å²) in [4.78, 5) is 39.8. The van der Waals surface area contributed by atoms with Crippen molar-refractivity contribution >= 4 is 17.7 Å². The second-order valence-corrected chi connectivity index (χ2v) is 7.94. The zero-order valence-corrected chi connectivity index (χ0v) is 14.8. The van der Waals surface area contributed by atoms with Gasteiger partial charge in [-0.3, -0.25) is 14.4 Å². The number of rotatable bonds is 3. The number of carbonyl (C=O) groups excluding carboxylic acids is 3. The molecule has 3 aliphatic rings. The molecular formula is C18H29N3O3. The average Bonchev–Trinajstić information content (AvgIpc) is 3.16. The van der Waals surface area contributed by atoms with Crippen LogP contribution < -0.4 is 5.32 Å². The van der Waals surface area contributed by atoms with E-state index < -0.39 is 11.8 Å². The molecular weight excluding hydrogens is 306 g/mol. The lowest BCUT2D eigenvalue weighted by Crippen LogP contribution is -2.54. The van der Waals surface area contributed by atoms with Gasteiger partial charge < -0.3 is 15.1 Å². The van der Waals surface area contributed by atoms with Crippen molar-refractivity contribution in [3.05, 3.63) is 0 Å². The maximum absolute atomic E-state index is 12.5. The fourth-order valence-corrected chi connectivity index (χ4v) is 4.61. The maximum Gasteiger partial charge on any atom is 0.312 e. The Kier molecular flexibility index (Phi) is 5.11. The van der Waals surface area contributed by atoms with Crippen molar-refractivity contribution in [2.75, 3.05) is 26.2 Å². The first kappa shape index (κ1) is 17.2. The highest BCUT2D eigenvalue weighted by molar-refractivity contribution is 6.35. The minimum absolute atomic E-state index is 0.0499. The summed E-state index contributed by atoms with van der Waals surface area (Å²) in [6, 6.07) is -0.0499. The van der Waals surface area contributed by atoms with Crippen molar-refractivity contribution in [3.8, 4) is 0 Å². The number of piperazine rings is 1. The molecule has 134 valence electrons. The van der Waals surface area contributed by atoms with Gasteiger partial charge in [0.15, 0.2) is 0 Å². The quantitative estimate of drug-likeness (QED) is 0.783. The van der Waals surface area contributed by atoms with Gasteiger partial charge in [0.2, 0.25) is 5.91 Å². The van der Waals surface area contributed by atoms with Crippen molar-refractivity contribution in [1.29, 1.82) is 0 Å². The van der Waals surface area contributed by atoms with Gasteiger partial charge in [0, 0.05) is 38.6 Å². The molecule has 24 heavy (non-hydrogen) atoms. The summed E-state index contributed by atoms with van der Waals surface area (Å²) >= 11 is 0. The predicted molar refractivity (Wildman–Crippen MR) is 90.0 cm³/mol. The van der Waals surface area contributed by atoms with Crippen LogP contribution >= 0.6 is 0 Å². The van der Waals surface area contributed by atoms with Gasteiger partial charge in [0.1, 0.15) is 0 Å². The largest absolute Gasteiger partial charge is 0.346 e. The third kappa shape index (κ3) is 3.73. The number of nitrogens with one attached hydrogen (secondary N) is 1. The molecule has 2 aliphatic carbocycles. The first-order chi connectivity index (χ1) is 11.4. The minimum atomic E-state index is -0.549. The summed E-state index contributed by atoms with van der Waals surface area (Å²) in [6.07, 6.45) is 5.88. The highest BCUT2D eigenvalue weighted by atomic mass is 16.2. The van der Waals surface area contributed by atoms with Gasteiger partial charge in [-0.1, -0.05) is 6.42 Å². The standard InChI is InChI=1S/C18H29N3O3/c1-12(2)19-17(23)18(24)21-7-5-20(6-8-21)16(22)11-15-10-13-3-4-14(15)9-13/h12-15H,3-11H2,1-2H3,(H,19,23). The van der Waals surface area contributed by atoms with Crippen molar-refractivity contribution < 1.29 is 14.4 Å². The number of carbonyl (C=O) groups is 3. The van der Waals surface area contributed by atoms with Crippen LogP contribution in [0.4, 0.5) is 0 Å². The molecule has 3 unspecified atom stereocenters. The predicted octanol–water partition coefficient (Wildman–Crippen LogP) is 1.01. The number of hydrogen-bond donors (Lipinski definition) is 1. The van der Waals surface area contributed by atoms with E-state index in [-0.39, 0.29) is 11.9 Å². The molecule has 3 rings (SSSR count). The van der Waals surface area contributed by atoms with E-state index in [0.717, 1.165) is 11.8 Å². The number of nitrogens with zero attached hydrogens (tertiary/aromatic N) is 2. The van der Waals surface area contributed by atoms with Crippen molar-refractivity contribution in [3.63, 3.8) is 0 Å². The molecule has 6 heteroatoms. The second kappa shape index (κ2) is 7.11. The molecule has 1 heterocycles. The van der Waals surface area contributed by atoms with E-state index in [1.54, 1.807) is 4.90 Å². The van der Waals surface area contributed by atoms with Gasteiger partial charge in [0.25, 0.3) is 0 Å². The minimum Gasteiger partial charge on any atom is -0.346 e. The molecule has 0 aromatic heterocycles. The van der Waals surface area contributed by atoms with Crippen LogP contribution in [0.2, 0.25) is 0 Å². The zero-order valence-electron chi connectivity index (χ0n) is 14.8. The maximum atomic E-state index is 12.5. The molecule has 1 aliphatic heterocycles. The summed E-state index contributed by atoms with van der Waals surface area (Å²) < 4.78 is 0. The third-order valence-electron chi connectivity index (χ3n) is 5.85. The van der Waals surface area contributed by atoms with Crippen LogP contribution in [0.1, 0.15) is 46.0 Å². The van der Waals surface area contributed by atoms with Gasteiger partial charge in [-0.05, 0) is 50.9 Å². The Hall–Kier alpha value is -1.59. The zero-order chi connectivity index (χ0) is 17.3. The van der Waals surface area contributed by atoms with Crippen LogP contribution in [0.15, 0.2) is 0 Å². The highest BCUT2D eigenvalue weighted by Crippen LogP contribution is 2.49. The van der Waals surface area contributed by atoms with Gasteiger partial charge >= 0.3 is 11.8 Å². The van der Waals surface area contributed by atoms with Crippen LogP contribution in [-0.2, 0) is 14.4 Å². The number of hydrogen-bond acceptors (Lipinski definition) is 3. The van der Waals surface area contributed by atoms with Crippen molar-refractivity contribution in [1.82, 2.24) is 15.1 Å². The Balaban J connectivity index is 1.44. The molecule has 3 amide bonds. The fourth-order valence-electron chi connectivity index (χ4n) is 4.61. The van der Waals surface area contributed by atoms with Crippen LogP contribution in [0.25, 0.3) is 0 Å². The lowest BCUT2D eigenvalue weighted by Gasteiger charge is -2.35. The van der Waals surface area contributed by atoms with E-state index in [4.69, 9.17) is 0 Å². The summed E-state index contributed by atoms with van der Waals surface area (Å²) in [7, 11) is 0. The van der Waals surface area contributed by atoms with Crippen LogP contribution in [0.5, 0.6) is 0 Å². The molecule has 0 spiro atoms. The van der Waals surface area contributed by atoms with E-state index in [9.17, 15) is 14.4 Å². The molecule has 0 aromatic carbocycles. The lowest BCUT2D eigenvalue weighted by atomic mass is 9.86. The molecule has 2 bridgehead atoms. The molecule has 0 aromatic rings. The van der Waals surface area contributed by atoms with E-state index >= 15 is 0 Å². The van der Waals surface area contributed by atoms with E-state index in [1.807, 2.05) is 18.7 Å². The second-order valence-electron chi connectivity index (χ2n) is 7.94. The first-order valence-corrected chi connectivity index (χ1v) is 9.31. The molecule has 3 atom stereocenters. The summed E-state index contributed by atoms with van der Waals surface area (Å²) in [6.45, 7) is 5.65. The summed E-state index contributed by atoms with van der Waals surface area (Å²) in [5.74, 6) is 1.40. The Bertz CT molecular complexity index is 512. The third-order valence-corrected chi connectivity index (χ3v) is 5.85. The SMILES string of the molecule is CC(C)NC(=O)C(=O)N1CCN(C(=O)CC2CC3CCC2C3)CC1. The number of fused-ring (bicyclic) bond motifs is 2. The fraction of sp³-hybridized carbons (Fsp3) is 0.833. The smallest absolute Gasteiger partial charge is 0.312 e. The summed E-state index contributed by atoms with van der Waals surface area (Å²) in [5.41, 5.74) is 0. The van der Waals surface area contributed by atoms with Crippen molar-refractivity contribution in [2.24, 2.45) is 17.8 Å². The van der Waals surface area contributed by atoms with Crippen LogP contribution in [0.3, 0.4) is 0 Å². The van der Waals surface area contributed by atoms with Gasteiger partial charge in [0.05, 0.1) is 0 Å². The Morgan fingerprint density at radius 3 is 2.21 bits per heavy atom. The first-order valence-electron chi connectivity index (χ1n) is 9.31. The van der Waals surface area contributed by atoms with Gasteiger partial charge in [-0.2, -0.15) is 0 Å². The van der Waals surface area contributed by atoms with Gasteiger partial charge in [-0.15, -0.1) is 0 Å². The van der Waals surface area contributed by atoms with E-state index in [2.05, 4.69) is 5.32 Å². The molecule has 0 radical (unpaired) electrons. The van der Waals surface area contributed by atoms with Gasteiger partial charge in [-0.25, -0.2) is 0 Å². The normalized spacial score (nSPS) is 29.2.